The number of ether oxygens (including phenoxy) is 1. The van der Waals surface area contributed by atoms with Crippen LogP contribution in [0.15, 0.2) is 22.5 Å². The Hall–Kier alpha value is -0.800. The molecule has 0 aromatic heterocycles. The van der Waals surface area contributed by atoms with Crippen LogP contribution in [0.4, 0.5) is 0 Å². The van der Waals surface area contributed by atoms with Crippen molar-refractivity contribution in [2.45, 2.75) is 62.6 Å². The lowest BCUT2D eigenvalue weighted by Gasteiger charge is -2.97. The molecule has 2 spiro atoms. The topological polar surface area (TPSA) is 41.5 Å². The molecule has 0 aromatic rings. The maximum Gasteiger partial charge on any atom is 0.0994 e. The summed E-state index contributed by atoms with van der Waals surface area (Å²) in [6.07, 6.45) is 7.17. The van der Waals surface area contributed by atoms with Gasteiger partial charge in [0.15, 0.2) is 0 Å². The Labute approximate surface area is 137 Å². The zero-order valence-electron chi connectivity index (χ0n) is 14.0. The van der Waals surface area contributed by atoms with Crippen LogP contribution in [0.1, 0.15) is 45.4 Å². The van der Waals surface area contributed by atoms with Crippen LogP contribution in [0, 0.1) is 29.1 Å². The van der Waals surface area contributed by atoms with Gasteiger partial charge in [0.05, 0.1) is 18.5 Å². The third-order valence-electron chi connectivity index (χ3n) is 9.52. The van der Waals surface area contributed by atoms with E-state index in [1.165, 1.54) is 31.4 Å². The summed E-state index contributed by atoms with van der Waals surface area (Å²) in [5, 5.41) is 15.4. The average molecular weight is 311 g/mol. The van der Waals surface area contributed by atoms with Crippen LogP contribution in [0.5, 0.6) is 0 Å². The first-order valence-corrected chi connectivity index (χ1v) is 9.60. The summed E-state index contributed by atoms with van der Waals surface area (Å²) in [5.41, 5.74) is 4.97. The molecule has 8 unspecified atom stereocenters. The van der Waals surface area contributed by atoms with E-state index >= 15 is 0 Å². The lowest BCUT2D eigenvalue weighted by molar-refractivity contribution is -0.451. The van der Waals surface area contributed by atoms with Crippen LogP contribution >= 0.6 is 0 Å². The van der Waals surface area contributed by atoms with Crippen molar-refractivity contribution >= 4 is 0 Å². The molecule has 7 aliphatic rings. The van der Waals surface area contributed by atoms with Crippen LogP contribution in [-0.2, 0) is 4.74 Å². The molecular formula is C20H25NO2. The largest absolute Gasteiger partial charge is 0.501 e. The normalized spacial score (nSPS) is 62.8. The minimum absolute atomic E-state index is 0.104. The van der Waals surface area contributed by atoms with Gasteiger partial charge in [-0.15, -0.1) is 0 Å². The summed E-state index contributed by atoms with van der Waals surface area (Å²) in [4.78, 5) is 0. The fourth-order valence-corrected chi connectivity index (χ4v) is 9.06. The van der Waals surface area contributed by atoms with Crippen LogP contribution in [-0.4, -0.2) is 29.4 Å². The summed E-state index contributed by atoms with van der Waals surface area (Å²) in [6, 6.07) is 0.652. The van der Waals surface area contributed by atoms with Gasteiger partial charge in [-0.2, -0.15) is 0 Å². The number of hydrogen-bond donors (Lipinski definition) is 2. The molecule has 7 rings (SSSR count). The fourth-order valence-electron chi connectivity index (χ4n) is 9.06. The van der Waals surface area contributed by atoms with E-state index in [1.54, 1.807) is 16.7 Å². The molecule has 23 heavy (non-hydrogen) atoms. The zero-order chi connectivity index (χ0) is 15.4. The summed E-state index contributed by atoms with van der Waals surface area (Å²) >= 11 is 0. The van der Waals surface area contributed by atoms with Crippen molar-refractivity contribution in [2.75, 3.05) is 7.11 Å². The highest BCUT2D eigenvalue weighted by molar-refractivity contribution is 5.67. The van der Waals surface area contributed by atoms with Gasteiger partial charge in [0.25, 0.3) is 0 Å². The minimum atomic E-state index is -0.380. The van der Waals surface area contributed by atoms with Crippen molar-refractivity contribution in [1.29, 1.82) is 0 Å². The molecule has 0 aromatic carbocycles. The van der Waals surface area contributed by atoms with Gasteiger partial charge >= 0.3 is 0 Å². The minimum Gasteiger partial charge on any atom is -0.501 e. The number of nitrogens with one attached hydrogen (secondary N) is 1. The highest BCUT2D eigenvalue weighted by atomic mass is 16.5. The fraction of sp³-hybridized carbons (Fsp3) is 0.800. The number of methoxy groups -OCH3 is 1. The van der Waals surface area contributed by atoms with Crippen molar-refractivity contribution in [3.8, 4) is 0 Å². The second kappa shape index (κ2) is 3.17. The van der Waals surface area contributed by atoms with Gasteiger partial charge in [0.1, 0.15) is 0 Å². The SMILES string of the molecule is COC1=C2CCCC2C2=C(C1)C13C2CC1(O)C1CC2C(C)NC213. The predicted octanol–water partition coefficient (Wildman–Crippen LogP) is 2.52. The number of aliphatic hydroxyl groups is 1. The van der Waals surface area contributed by atoms with E-state index in [0.29, 0.717) is 23.8 Å². The molecule has 1 saturated heterocycles. The summed E-state index contributed by atoms with van der Waals surface area (Å²) < 4.78 is 5.83. The molecule has 3 heteroatoms. The standard InChI is InChI=1S/C20H25NO2/c1-9-12-7-16-18(22)8-14-17-11-5-3-4-10(11)15(23-2)6-13(17)19(14,18)20(12,16)21-9/h9,11-12,14,16,21-22H,3-8H2,1-2H3. The molecule has 2 N–H and O–H groups in total. The van der Waals surface area contributed by atoms with Gasteiger partial charge in [-0.05, 0) is 56.4 Å². The van der Waals surface area contributed by atoms with Gasteiger partial charge in [0.2, 0.25) is 0 Å². The van der Waals surface area contributed by atoms with E-state index in [0.717, 1.165) is 18.8 Å². The first kappa shape index (κ1) is 12.5. The smallest absolute Gasteiger partial charge is 0.0994 e. The van der Waals surface area contributed by atoms with Gasteiger partial charge in [-0.1, -0.05) is 11.1 Å². The first-order valence-electron chi connectivity index (χ1n) is 9.60. The van der Waals surface area contributed by atoms with E-state index in [2.05, 4.69) is 12.2 Å². The average Bonchev–Trinajstić information content (AvgIpc) is 2.98. The van der Waals surface area contributed by atoms with E-state index in [-0.39, 0.29) is 16.6 Å². The number of rotatable bonds is 1. The molecule has 1 heterocycles. The van der Waals surface area contributed by atoms with Gasteiger partial charge in [0, 0.05) is 35.3 Å². The maximum atomic E-state index is 11.5. The molecule has 122 valence electrons. The molecule has 8 atom stereocenters. The number of fused-ring (bicyclic) bond motifs is 4. The Morgan fingerprint density at radius 3 is 2.96 bits per heavy atom. The predicted molar refractivity (Wildman–Crippen MR) is 85.4 cm³/mol. The van der Waals surface area contributed by atoms with E-state index in [9.17, 15) is 5.11 Å². The molecule has 1 aliphatic heterocycles. The van der Waals surface area contributed by atoms with Gasteiger partial charge < -0.3 is 15.2 Å². The van der Waals surface area contributed by atoms with E-state index in [4.69, 9.17) is 4.74 Å². The van der Waals surface area contributed by atoms with E-state index < -0.39 is 0 Å². The van der Waals surface area contributed by atoms with Crippen molar-refractivity contribution in [1.82, 2.24) is 5.32 Å². The number of allylic oxidation sites excluding steroid dienone is 3. The third-order valence-corrected chi connectivity index (χ3v) is 9.52. The molecule has 6 aliphatic carbocycles. The first-order chi connectivity index (χ1) is 11.1. The maximum absolute atomic E-state index is 11.5. The van der Waals surface area contributed by atoms with E-state index in [1.807, 2.05) is 7.11 Å². The Balaban J connectivity index is 1.39. The van der Waals surface area contributed by atoms with Crippen LogP contribution in [0.25, 0.3) is 0 Å². The summed E-state index contributed by atoms with van der Waals surface area (Å²) in [7, 11) is 1.85. The third kappa shape index (κ3) is 0.827. The van der Waals surface area contributed by atoms with Crippen molar-refractivity contribution < 1.29 is 9.84 Å². The molecule has 0 radical (unpaired) electrons. The highest BCUT2D eigenvalue weighted by Crippen LogP contribution is 2.93. The molecule has 3 nitrogen and oxygen atoms in total. The Morgan fingerprint density at radius 1 is 1.35 bits per heavy atom. The lowest BCUT2D eigenvalue weighted by atomic mass is 9.11. The molecule has 0 amide bonds. The monoisotopic (exact) mass is 311 g/mol. The van der Waals surface area contributed by atoms with Crippen LogP contribution in [0.2, 0.25) is 0 Å². The second-order valence-electron chi connectivity index (χ2n) is 9.39. The lowest BCUT2D eigenvalue weighted by Crippen LogP contribution is -3.06. The van der Waals surface area contributed by atoms with Crippen molar-refractivity contribution in [3.05, 3.63) is 22.5 Å². The Morgan fingerprint density at radius 2 is 2.22 bits per heavy atom. The van der Waals surface area contributed by atoms with Gasteiger partial charge in [-0.3, -0.25) is 0 Å². The number of piperidine rings is 1. The number of hydrogen-bond acceptors (Lipinski definition) is 3. The van der Waals surface area contributed by atoms with Crippen molar-refractivity contribution in [3.63, 3.8) is 0 Å². The van der Waals surface area contributed by atoms with Crippen LogP contribution in [0.3, 0.4) is 0 Å². The van der Waals surface area contributed by atoms with Gasteiger partial charge in [-0.25, -0.2) is 0 Å². The highest BCUT2D eigenvalue weighted by Gasteiger charge is 2.99. The van der Waals surface area contributed by atoms with Crippen molar-refractivity contribution in [2.24, 2.45) is 29.1 Å². The molecule has 5 fully saturated rings. The zero-order valence-corrected chi connectivity index (χ0v) is 14.0. The summed E-state index contributed by atoms with van der Waals surface area (Å²) in [6.45, 7) is 2.33. The molecular weight excluding hydrogens is 286 g/mol. The quantitative estimate of drug-likeness (QED) is 0.731. The summed E-state index contributed by atoms with van der Waals surface area (Å²) in [5.74, 6) is 3.93. The molecule has 0 bridgehead atoms. The second-order valence-corrected chi connectivity index (χ2v) is 9.39. The van der Waals surface area contributed by atoms with Crippen LogP contribution < -0.4 is 5.32 Å². The Kier molecular flexibility index (Phi) is 1.73. The molecule has 4 saturated carbocycles. The Bertz CT molecular complexity index is 753.